The van der Waals surface area contributed by atoms with E-state index >= 15 is 0 Å². The van der Waals surface area contributed by atoms with E-state index in [1.807, 2.05) is 6.92 Å². The molecule has 34 heavy (non-hydrogen) atoms. The van der Waals surface area contributed by atoms with Crippen LogP contribution in [0.2, 0.25) is 0 Å². The van der Waals surface area contributed by atoms with Gasteiger partial charge in [0.2, 0.25) is 15.7 Å². The molecule has 0 aliphatic heterocycles. The maximum Gasteiger partial charge on any atom is 0.344 e. The van der Waals surface area contributed by atoms with E-state index in [2.05, 4.69) is 5.10 Å². The van der Waals surface area contributed by atoms with Crippen LogP contribution in [0.5, 0.6) is 5.88 Å². The van der Waals surface area contributed by atoms with E-state index in [-0.39, 0.29) is 32.6 Å². The topological polar surface area (TPSA) is 121 Å². The van der Waals surface area contributed by atoms with Crippen LogP contribution in [0, 0.1) is 24.0 Å². The van der Waals surface area contributed by atoms with Gasteiger partial charge in [-0.25, -0.2) is 13.2 Å². The zero-order chi connectivity index (χ0) is 24.5. The number of hydrogen-bond acceptors (Lipinski definition) is 7. The lowest BCUT2D eigenvalue weighted by molar-refractivity contribution is -0.384. The van der Waals surface area contributed by atoms with Gasteiger partial charge in [0.15, 0.2) is 4.90 Å². The molecule has 0 atom stereocenters. The fourth-order valence-corrected chi connectivity index (χ4v) is 4.85. The van der Waals surface area contributed by atoms with Gasteiger partial charge in [-0.3, -0.25) is 10.1 Å². The van der Waals surface area contributed by atoms with Crippen molar-refractivity contribution in [3.05, 3.63) is 106 Å². The summed E-state index contributed by atoms with van der Waals surface area (Å²) in [5.74, 6) is -1.15. The fraction of sp³-hybridized carbons (Fsp3) is 0.0833. The Morgan fingerprint density at radius 2 is 1.56 bits per heavy atom. The molecule has 0 saturated carbocycles. The van der Waals surface area contributed by atoms with Crippen molar-refractivity contribution in [1.29, 1.82) is 0 Å². The van der Waals surface area contributed by atoms with E-state index in [4.69, 9.17) is 4.74 Å². The predicted octanol–water partition coefficient (Wildman–Crippen LogP) is 4.45. The number of esters is 1. The molecule has 0 aliphatic carbocycles. The normalized spacial score (nSPS) is 11.2. The van der Waals surface area contributed by atoms with Crippen LogP contribution in [0.4, 0.5) is 5.69 Å². The van der Waals surface area contributed by atoms with Gasteiger partial charge >= 0.3 is 5.97 Å². The third-order valence-corrected chi connectivity index (χ3v) is 6.97. The highest BCUT2D eigenvalue weighted by molar-refractivity contribution is 7.91. The Bertz CT molecular complexity index is 1480. The van der Waals surface area contributed by atoms with E-state index in [0.717, 1.165) is 5.56 Å². The van der Waals surface area contributed by atoms with Crippen LogP contribution in [0.1, 0.15) is 21.6 Å². The molecule has 9 nitrogen and oxygen atoms in total. The number of benzene rings is 3. The van der Waals surface area contributed by atoms with Crippen LogP contribution in [0.3, 0.4) is 0 Å². The lowest BCUT2D eigenvalue weighted by Crippen LogP contribution is -2.14. The van der Waals surface area contributed by atoms with Crippen molar-refractivity contribution >= 4 is 21.5 Å². The Labute approximate surface area is 195 Å². The Balaban J connectivity index is 1.84. The molecule has 0 bridgehead atoms. The molecule has 4 rings (SSSR count). The second kappa shape index (κ2) is 8.91. The summed E-state index contributed by atoms with van der Waals surface area (Å²) < 4.78 is 33.9. The van der Waals surface area contributed by atoms with Crippen molar-refractivity contribution in [1.82, 2.24) is 9.78 Å². The van der Waals surface area contributed by atoms with Gasteiger partial charge in [-0.05, 0) is 50.2 Å². The number of rotatable bonds is 6. The van der Waals surface area contributed by atoms with E-state index < -0.39 is 20.7 Å². The molecule has 0 unspecified atom stereocenters. The van der Waals surface area contributed by atoms with Crippen molar-refractivity contribution in [3.63, 3.8) is 0 Å². The maximum absolute atomic E-state index is 13.5. The number of nitro groups is 1. The number of sulfone groups is 1. The Morgan fingerprint density at radius 1 is 0.941 bits per heavy atom. The summed E-state index contributed by atoms with van der Waals surface area (Å²) >= 11 is 0. The minimum Gasteiger partial charge on any atom is -0.402 e. The maximum atomic E-state index is 13.5. The van der Waals surface area contributed by atoms with Crippen LogP contribution >= 0.6 is 0 Å². The molecule has 0 fully saturated rings. The minimum atomic E-state index is -4.10. The highest BCUT2D eigenvalue weighted by Gasteiger charge is 2.32. The first-order valence-electron chi connectivity index (χ1n) is 10.1. The predicted molar refractivity (Wildman–Crippen MR) is 123 cm³/mol. The first kappa shape index (κ1) is 22.9. The lowest BCUT2D eigenvalue weighted by Gasteiger charge is -2.11. The van der Waals surface area contributed by atoms with Crippen molar-refractivity contribution in [2.24, 2.45) is 0 Å². The first-order valence-corrected chi connectivity index (χ1v) is 11.6. The average Bonchev–Trinajstić information content (AvgIpc) is 3.16. The van der Waals surface area contributed by atoms with Gasteiger partial charge in [-0.15, -0.1) is 0 Å². The van der Waals surface area contributed by atoms with Gasteiger partial charge < -0.3 is 4.74 Å². The summed E-state index contributed by atoms with van der Waals surface area (Å²) in [5.41, 5.74) is 1.35. The van der Waals surface area contributed by atoms with Crippen LogP contribution in [0.25, 0.3) is 5.69 Å². The van der Waals surface area contributed by atoms with Gasteiger partial charge in [0, 0.05) is 12.1 Å². The molecule has 4 aromatic rings. The highest BCUT2D eigenvalue weighted by Crippen LogP contribution is 2.35. The van der Waals surface area contributed by atoms with E-state index in [0.29, 0.717) is 5.69 Å². The van der Waals surface area contributed by atoms with Crippen LogP contribution in [0.15, 0.2) is 88.7 Å². The van der Waals surface area contributed by atoms with Gasteiger partial charge in [-0.2, -0.15) is 9.78 Å². The van der Waals surface area contributed by atoms with Gasteiger partial charge in [-0.1, -0.05) is 35.9 Å². The number of aromatic nitrogens is 2. The molecule has 1 heterocycles. The second-order valence-electron chi connectivity index (χ2n) is 7.48. The summed E-state index contributed by atoms with van der Waals surface area (Å²) in [6.07, 6.45) is 0. The number of carbonyl (C=O) groups excluding carboxylic acids is 1. The summed E-state index contributed by atoms with van der Waals surface area (Å²) in [6.45, 7) is 3.36. The largest absolute Gasteiger partial charge is 0.402 e. The molecule has 1 aromatic heterocycles. The molecular weight excluding hydrogens is 458 g/mol. The van der Waals surface area contributed by atoms with Crippen molar-refractivity contribution in [2.45, 2.75) is 23.6 Å². The summed E-state index contributed by atoms with van der Waals surface area (Å²) in [7, 11) is -4.10. The zero-order valence-electron chi connectivity index (χ0n) is 18.2. The summed E-state index contributed by atoms with van der Waals surface area (Å²) in [6, 6.07) is 19.8. The first-order chi connectivity index (χ1) is 16.2. The van der Waals surface area contributed by atoms with Gasteiger partial charge in [0.25, 0.3) is 5.69 Å². The van der Waals surface area contributed by atoms with Crippen molar-refractivity contribution in [2.75, 3.05) is 0 Å². The van der Waals surface area contributed by atoms with Gasteiger partial charge in [0.1, 0.15) is 0 Å². The Morgan fingerprint density at radius 3 is 2.15 bits per heavy atom. The number of ether oxygens (including phenoxy) is 1. The number of carbonyl (C=O) groups is 1. The molecule has 10 heteroatoms. The molecule has 0 radical (unpaired) electrons. The van der Waals surface area contributed by atoms with Crippen molar-refractivity contribution < 1.29 is 22.9 Å². The van der Waals surface area contributed by atoms with Crippen LogP contribution < -0.4 is 4.74 Å². The Kier molecular flexibility index (Phi) is 5.99. The van der Waals surface area contributed by atoms with Crippen molar-refractivity contribution in [3.8, 4) is 11.6 Å². The third-order valence-electron chi connectivity index (χ3n) is 5.07. The lowest BCUT2D eigenvalue weighted by atomic mass is 10.2. The average molecular weight is 477 g/mol. The quantitative estimate of drug-likeness (QED) is 0.228. The summed E-state index contributed by atoms with van der Waals surface area (Å²) in [4.78, 5) is 23.0. The SMILES string of the molecule is Cc1ccc(S(=O)(=O)c2c(C)nn(-c3ccccc3)c2OC(=O)c2ccc([N+](=O)[O-])cc2)cc1. The van der Waals surface area contributed by atoms with E-state index in [1.165, 1.54) is 48.0 Å². The minimum absolute atomic E-state index is 0.0164. The zero-order valence-corrected chi connectivity index (χ0v) is 19.0. The molecular formula is C24H19N3O6S. The Hall–Kier alpha value is -4.31. The number of non-ortho nitro benzene ring substituents is 1. The fourth-order valence-electron chi connectivity index (χ4n) is 3.34. The highest BCUT2D eigenvalue weighted by atomic mass is 32.2. The van der Waals surface area contributed by atoms with Crippen LogP contribution in [-0.4, -0.2) is 29.1 Å². The molecule has 0 amide bonds. The monoisotopic (exact) mass is 477 g/mol. The summed E-state index contributed by atoms with van der Waals surface area (Å²) in [5, 5.41) is 15.2. The van der Waals surface area contributed by atoms with E-state index in [1.54, 1.807) is 42.5 Å². The molecule has 0 saturated heterocycles. The van der Waals surface area contributed by atoms with Gasteiger partial charge in [0.05, 0.1) is 26.8 Å². The molecule has 172 valence electrons. The molecule has 0 N–H and O–H groups in total. The second-order valence-corrected chi connectivity index (χ2v) is 9.36. The molecule has 0 aliphatic rings. The number of aryl methyl sites for hydroxylation is 2. The standard InChI is InChI=1S/C24H19N3O6S/c1-16-8-14-21(15-9-16)34(31,32)22-17(2)25-26(19-6-4-3-5-7-19)23(22)33-24(28)18-10-12-20(13-11-18)27(29)30/h3-15H,1-2H3. The number of nitro benzene ring substituents is 1. The molecule has 0 spiro atoms. The smallest absolute Gasteiger partial charge is 0.344 e. The number of nitrogens with zero attached hydrogens (tertiary/aromatic N) is 3. The number of para-hydroxylation sites is 1. The van der Waals surface area contributed by atoms with Crippen LogP contribution in [-0.2, 0) is 9.84 Å². The molecule has 3 aromatic carbocycles. The van der Waals surface area contributed by atoms with E-state index in [9.17, 15) is 23.3 Å². The third kappa shape index (κ3) is 4.30. The number of hydrogen-bond donors (Lipinski definition) is 0.